The summed E-state index contributed by atoms with van der Waals surface area (Å²) in [4.78, 5) is 24.2. The lowest BCUT2D eigenvalue weighted by atomic mass is 10.1. The smallest absolute Gasteiger partial charge is 0.258 e. The van der Waals surface area contributed by atoms with Gasteiger partial charge in [0.25, 0.3) is 11.4 Å². The fraction of sp³-hybridized carbons (Fsp3) is 0. The van der Waals surface area contributed by atoms with Crippen molar-refractivity contribution in [1.29, 1.82) is 0 Å². The van der Waals surface area contributed by atoms with Crippen LogP contribution >= 0.6 is 24.0 Å². The molecule has 7 nitrogen and oxygen atoms in total. The molecule has 0 bridgehead atoms. The average Bonchev–Trinajstić information content (AvgIpc) is 2.74. The second kappa shape index (κ2) is 4.70. The van der Waals surface area contributed by atoms with Crippen molar-refractivity contribution in [2.75, 3.05) is 0 Å². The van der Waals surface area contributed by atoms with Crippen LogP contribution in [-0.2, 0) is 0 Å². The number of benzene rings is 1. The molecule has 9 heteroatoms. The first-order valence-electron chi connectivity index (χ1n) is 4.56. The molecule has 0 aliphatic heterocycles. The lowest BCUT2D eigenvalue weighted by Crippen LogP contribution is -1.95. The topological polar surface area (TPSA) is 99.2 Å². The molecule has 0 atom stereocenters. The third kappa shape index (κ3) is 2.31. The molecule has 0 spiro atoms. The highest BCUT2D eigenvalue weighted by molar-refractivity contribution is 7.80. The van der Waals surface area contributed by atoms with Crippen molar-refractivity contribution < 1.29 is 9.85 Å². The first-order valence-corrected chi connectivity index (χ1v) is 5.89. The Hall–Kier alpha value is -2.00. The molecule has 2 rings (SSSR count). The van der Waals surface area contributed by atoms with Crippen molar-refractivity contribution in [3.8, 4) is 10.6 Å². The van der Waals surface area contributed by atoms with E-state index in [0.29, 0.717) is 10.0 Å². The number of non-ortho nitro benzene ring substituents is 1. The summed E-state index contributed by atoms with van der Waals surface area (Å²) >= 11 is 5.20. The molecule has 1 aromatic heterocycles. The van der Waals surface area contributed by atoms with E-state index in [1.54, 1.807) is 5.38 Å². The zero-order chi connectivity index (χ0) is 13.3. The molecular weight excluding hydrogens is 278 g/mol. The fourth-order valence-electron chi connectivity index (χ4n) is 1.35. The molecule has 0 N–H and O–H groups in total. The lowest BCUT2D eigenvalue weighted by Gasteiger charge is -1.99. The van der Waals surface area contributed by atoms with Crippen LogP contribution in [0, 0.1) is 20.2 Å². The number of thiazole rings is 1. The van der Waals surface area contributed by atoms with Gasteiger partial charge in [0.2, 0.25) is 0 Å². The zero-order valence-electron chi connectivity index (χ0n) is 8.64. The van der Waals surface area contributed by atoms with E-state index in [1.165, 1.54) is 23.5 Å². The van der Waals surface area contributed by atoms with Crippen molar-refractivity contribution in [3.63, 3.8) is 0 Å². The van der Waals surface area contributed by atoms with E-state index >= 15 is 0 Å². The van der Waals surface area contributed by atoms with Gasteiger partial charge in [0.15, 0.2) is 0 Å². The first kappa shape index (κ1) is 12.5. The Morgan fingerprint density at radius 3 is 2.44 bits per heavy atom. The lowest BCUT2D eigenvalue weighted by molar-refractivity contribution is -0.393. The first-order chi connectivity index (χ1) is 8.49. The summed E-state index contributed by atoms with van der Waals surface area (Å²) in [5.41, 5.74) is -0.420. The highest BCUT2D eigenvalue weighted by Gasteiger charge is 2.22. The maximum absolute atomic E-state index is 10.9. The number of hydrogen-bond donors (Lipinski definition) is 1. The van der Waals surface area contributed by atoms with Crippen molar-refractivity contribution in [2.45, 2.75) is 5.03 Å². The van der Waals surface area contributed by atoms with Crippen LogP contribution < -0.4 is 0 Å². The third-order valence-electron chi connectivity index (χ3n) is 2.11. The van der Waals surface area contributed by atoms with Crippen LogP contribution in [0.2, 0.25) is 0 Å². The number of nitro benzene ring substituents is 2. The van der Waals surface area contributed by atoms with Crippen molar-refractivity contribution in [2.24, 2.45) is 0 Å². The van der Waals surface area contributed by atoms with Crippen LogP contribution in [0.25, 0.3) is 10.6 Å². The Morgan fingerprint density at radius 2 is 1.94 bits per heavy atom. The van der Waals surface area contributed by atoms with E-state index in [9.17, 15) is 20.2 Å². The molecule has 2 aromatic rings. The second-order valence-electron chi connectivity index (χ2n) is 3.23. The van der Waals surface area contributed by atoms with Gasteiger partial charge < -0.3 is 0 Å². The van der Waals surface area contributed by atoms with Gasteiger partial charge in [-0.3, -0.25) is 20.2 Å². The van der Waals surface area contributed by atoms with Crippen LogP contribution in [0.5, 0.6) is 0 Å². The minimum atomic E-state index is -0.678. The molecular formula is C9H5N3O4S2. The summed E-state index contributed by atoms with van der Waals surface area (Å²) < 4.78 is 0. The molecule has 0 saturated heterocycles. The Balaban J connectivity index is 2.60. The summed E-state index contributed by atoms with van der Waals surface area (Å²) in [7, 11) is 0. The van der Waals surface area contributed by atoms with Crippen LogP contribution in [0.3, 0.4) is 0 Å². The van der Waals surface area contributed by atoms with Gasteiger partial charge in [0.1, 0.15) is 10.0 Å². The standard InChI is InChI=1S/C9H5N3O4S2/c13-11(14)5-1-2-6(7(3-5)12(15)16)9-10-8(17)4-18-9/h1-4,17H. The quantitative estimate of drug-likeness (QED) is 0.530. The van der Waals surface area contributed by atoms with E-state index in [-0.39, 0.29) is 16.9 Å². The zero-order valence-corrected chi connectivity index (χ0v) is 10.4. The third-order valence-corrected chi connectivity index (χ3v) is 3.39. The van der Waals surface area contributed by atoms with Gasteiger partial charge in [-0.1, -0.05) is 0 Å². The van der Waals surface area contributed by atoms with Gasteiger partial charge in [0.05, 0.1) is 21.5 Å². The summed E-state index contributed by atoms with van der Waals surface area (Å²) in [5.74, 6) is 0. The second-order valence-corrected chi connectivity index (χ2v) is 4.54. The molecule has 0 aliphatic rings. The molecule has 0 radical (unpaired) electrons. The average molecular weight is 283 g/mol. The van der Waals surface area contributed by atoms with Crippen molar-refractivity contribution in [1.82, 2.24) is 4.98 Å². The Morgan fingerprint density at radius 1 is 1.22 bits per heavy atom. The van der Waals surface area contributed by atoms with E-state index in [0.717, 1.165) is 6.07 Å². The maximum atomic E-state index is 10.9. The van der Waals surface area contributed by atoms with Gasteiger partial charge in [-0.2, -0.15) is 0 Å². The van der Waals surface area contributed by atoms with E-state index in [2.05, 4.69) is 17.6 Å². The number of rotatable bonds is 3. The van der Waals surface area contributed by atoms with E-state index < -0.39 is 9.85 Å². The van der Waals surface area contributed by atoms with Gasteiger partial charge in [-0.25, -0.2) is 4.98 Å². The molecule has 1 aromatic carbocycles. The molecule has 0 amide bonds. The van der Waals surface area contributed by atoms with Gasteiger partial charge in [-0.05, 0) is 6.07 Å². The Bertz CT molecular complexity index is 640. The fourth-order valence-corrected chi connectivity index (χ4v) is 2.40. The van der Waals surface area contributed by atoms with Crippen molar-refractivity contribution >= 4 is 35.3 Å². The molecule has 92 valence electrons. The predicted octanol–water partition coefficient (Wildman–Crippen LogP) is 2.92. The summed E-state index contributed by atoms with van der Waals surface area (Å²) in [5, 5.41) is 24.0. The monoisotopic (exact) mass is 283 g/mol. The highest BCUT2D eigenvalue weighted by Crippen LogP contribution is 2.35. The normalized spacial score (nSPS) is 10.3. The van der Waals surface area contributed by atoms with Crippen LogP contribution in [0.15, 0.2) is 28.6 Å². The van der Waals surface area contributed by atoms with Crippen molar-refractivity contribution in [3.05, 3.63) is 43.8 Å². The SMILES string of the molecule is O=[N+]([O-])c1ccc(-c2nc(S)cs2)c([N+](=O)[O-])c1. The number of nitrogens with zero attached hydrogens (tertiary/aromatic N) is 3. The van der Waals surface area contributed by atoms with Crippen LogP contribution in [-0.4, -0.2) is 14.8 Å². The van der Waals surface area contributed by atoms with Gasteiger partial charge in [-0.15, -0.1) is 24.0 Å². The predicted molar refractivity (Wildman–Crippen MR) is 68.1 cm³/mol. The minimum absolute atomic E-state index is 0.246. The summed E-state index contributed by atoms with van der Waals surface area (Å²) in [6.07, 6.45) is 0. The van der Waals surface area contributed by atoms with Gasteiger partial charge >= 0.3 is 0 Å². The van der Waals surface area contributed by atoms with E-state index in [1.807, 2.05) is 0 Å². The number of thiol groups is 1. The molecule has 0 fully saturated rings. The van der Waals surface area contributed by atoms with E-state index in [4.69, 9.17) is 0 Å². The maximum Gasteiger partial charge on any atom is 0.286 e. The Kier molecular flexibility index (Phi) is 3.26. The highest BCUT2D eigenvalue weighted by atomic mass is 32.1. The molecule has 1 heterocycles. The number of hydrogen-bond acceptors (Lipinski definition) is 7. The summed E-state index contributed by atoms with van der Waals surface area (Å²) in [6.45, 7) is 0. The Labute approximate surface area is 110 Å². The number of nitro groups is 2. The van der Waals surface area contributed by atoms with Crippen LogP contribution in [0.4, 0.5) is 11.4 Å². The minimum Gasteiger partial charge on any atom is -0.258 e. The largest absolute Gasteiger partial charge is 0.286 e. The molecule has 0 saturated carbocycles. The number of aromatic nitrogens is 1. The van der Waals surface area contributed by atoms with Gasteiger partial charge in [0, 0.05) is 11.4 Å². The van der Waals surface area contributed by atoms with Crippen LogP contribution in [0.1, 0.15) is 0 Å². The molecule has 18 heavy (non-hydrogen) atoms. The molecule has 0 unspecified atom stereocenters. The molecule has 0 aliphatic carbocycles. The summed E-state index contributed by atoms with van der Waals surface area (Å²) in [6, 6.07) is 3.46.